The summed E-state index contributed by atoms with van der Waals surface area (Å²) in [6.45, 7) is 10.4. The zero-order valence-corrected chi connectivity index (χ0v) is 39.0. The monoisotopic (exact) mass is 846 g/mol. The zero-order valence-electron chi connectivity index (χ0n) is 35.7. The van der Waals surface area contributed by atoms with Crippen LogP contribution in [0.15, 0.2) is 12.4 Å². The summed E-state index contributed by atoms with van der Waals surface area (Å²) >= 11 is 0. The van der Waals surface area contributed by atoms with Crippen LogP contribution < -0.4 is 0 Å². The number of rotatable bonds is 43. The second kappa shape index (κ2) is 41.7. The predicted molar refractivity (Wildman–Crippen MR) is 247 cm³/mol. The fourth-order valence-corrected chi connectivity index (χ4v) is 10.5. The van der Waals surface area contributed by atoms with Crippen molar-refractivity contribution in [2.75, 3.05) is 55.9 Å². The highest BCUT2D eigenvalue weighted by Crippen LogP contribution is 2.24. The van der Waals surface area contributed by atoms with E-state index in [4.69, 9.17) is 9.47 Å². The van der Waals surface area contributed by atoms with Crippen LogP contribution in [0.25, 0.3) is 0 Å². The lowest BCUT2D eigenvalue weighted by molar-refractivity contribution is -0.143. The summed E-state index contributed by atoms with van der Waals surface area (Å²) < 4.78 is 13.3. The molecule has 1 rings (SSSR count). The van der Waals surface area contributed by atoms with Crippen LogP contribution in [0.2, 0.25) is 0 Å². The lowest BCUT2D eigenvalue weighted by Gasteiger charge is -2.22. The maximum Gasteiger partial charge on any atom is 0.307 e. The van der Waals surface area contributed by atoms with Crippen molar-refractivity contribution in [3.8, 4) is 0 Å². The molecule has 7 nitrogen and oxygen atoms in total. The second-order valence-electron chi connectivity index (χ2n) is 14.9. The Bertz CT molecular complexity index is 935. The minimum atomic E-state index is -0.158. The predicted octanol–water partition coefficient (Wildman–Crippen LogP) is 13.4. The van der Waals surface area contributed by atoms with Crippen molar-refractivity contribution in [1.82, 2.24) is 14.5 Å². The molecule has 0 aliphatic heterocycles. The van der Waals surface area contributed by atoms with E-state index in [0.29, 0.717) is 39.1 Å². The van der Waals surface area contributed by atoms with E-state index in [9.17, 15) is 9.59 Å². The average molecular weight is 846 g/mol. The number of aryl methyl sites for hydroxylation is 2. The highest BCUT2D eigenvalue weighted by atomic mass is 33.1. The molecular weight excluding hydrogens is 763 g/mol. The van der Waals surface area contributed by atoms with Crippen LogP contribution in [0.1, 0.15) is 187 Å². The normalized spacial score (nSPS) is 11.5. The summed E-state index contributed by atoms with van der Waals surface area (Å²) in [6, 6.07) is 0. The highest BCUT2D eigenvalue weighted by molar-refractivity contribution is 8.77. The Labute approximate surface area is 355 Å². The molecular formula is C44H83N3O4S4. The Balaban J connectivity index is 2.14. The molecule has 0 aromatic carbocycles. The van der Waals surface area contributed by atoms with Gasteiger partial charge in [-0.1, -0.05) is 192 Å². The van der Waals surface area contributed by atoms with Gasteiger partial charge in [-0.05, 0) is 25.8 Å². The lowest BCUT2D eigenvalue weighted by atomic mass is 10.1. The van der Waals surface area contributed by atoms with Crippen LogP contribution >= 0.6 is 43.2 Å². The summed E-state index contributed by atoms with van der Waals surface area (Å²) in [5.74, 6) is 4.76. The van der Waals surface area contributed by atoms with E-state index in [0.717, 1.165) is 43.3 Å². The Hall–Kier alpha value is -0.490. The average Bonchev–Trinajstić information content (AvgIpc) is 3.65. The Morgan fingerprint density at radius 3 is 1.36 bits per heavy atom. The van der Waals surface area contributed by atoms with Gasteiger partial charge in [0.05, 0.1) is 12.8 Å². The summed E-state index contributed by atoms with van der Waals surface area (Å²) in [6.07, 6.45) is 36.6. The molecule has 1 aromatic rings. The number of aromatic nitrogens is 2. The van der Waals surface area contributed by atoms with Gasteiger partial charge in [-0.2, -0.15) is 0 Å². The van der Waals surface area contributed by atoms with Gasteiger partial charge in [0.25, 0.3) is 0 Å². The van der Waals surface area contributed by atoms with Crippen molar-refractivity contribution in [2.45, 2.75) is 194 Å². The van der Waals surface area contributed by atoms with Crippen LogP contribution in [0, 0.1) is 0 Å². The van der Waals surface area contributed by atoms with Gasteiger partial charge in [-0.3, -0.25) is 9.59 Å². The van der Waals surface area contributed by atoms with E-state index >= 15 is 0 Å². The van der Waals surface area contributed by atoms with Gasteiger partial charge in [-0.25, -0.2) is 4.98 Å². The van der Waals surface area contributed by atoms with Crippen molar-refractivity contribution in [3.63, 3.8) is 0 Å². The number of hydrogen-bond acceptors (Lipinski definition) is 10. The van der Waals surface area contributed by atoms with Gasteiger partial charge in [0.1, 0.15) is 19.0 Å². The molecule has 0 bridgehead atoms. The molecule has 0 radical (unpaired) electrons. The summed E-state index contributed by atoms with van der Waals surface area (Å²) in [4.78, 5) is 31.8. The number of esters is 2. The molecule has 0 unspecified atom stereocenters. The highest BCUT2D eigenvalue weighted by Gasteiger charge is 2.13. The van der Waals surface area contributed by atoms with Gasteiger partial charge < -0.3 is 18.9 Å². The minimum absolute atomic E-state index is 0.158. The lowest BCUT2D eigenvalue weighted by Crippen LogP contribution is -2.31. The van der Waals surface area contributed by atoms with Crippen LogP contribution in [0.4, 0.5) is 0 Å². The van der Waals surface area contributed by atoms with Crippen molar-refractivity contribution >= 4 is 55.1 Å². The Kier molecular flexibility index (Phi) is 39.8. The smallest absolute Gasteiger partial charge is 0.307 e. The maximum atomic E-state index is 12.6. The van der Waals surface area contributed by atoms with E-state index < -0.39 is 0 Å². The van der Waals surface area contributed by atoms with Crippen molar-refractivity contribution < 1.29 is 19.1 Å². The largest absolute Gasteiger partial charge is 0.465 e. The molecule has 0 aliphatic carbocycles. The number of nitrogens with zero attached hydrogens (tertiary/aromatic N) is 3. The molecule has 1 heterocycles. The maximum absolute atomic E-state index is 12.6. The number of carbonyl (C=O) groups excluding carboxylic acids is 2. The van der Waals surface area contributed by atoms with Gasteiger partial charge in [-0.15, -0.1) is 0 Å². The van der Waals surface area contributed by atoms with E-state index in [1.54, 1.807) is 0 Å². The first-order chi connectivity index (χ1) is 27.1. The third-order valence-corrected chi connectivity index (χ3v) is 14.9. The molecule has 11 heteroatoms. The van der Waals surface area contributed by atoms with Crippen LogP contribution in [0.5, 0.6) is 0 Å². The summed E-state index contributed by atoms with van der Waals surface area (Å²) in [5, 5.41) is 0. The summed E-state index contributed by atoms with van der Waals surface area (Å²) in [7, 11) is 7.43. The molecule has 0 saturated heterocycles. The minimum Gasteiger partial charge on any atom is -0.465 e. The van der Waals surface area contributed by atoms with Crippen LogP contribution in [-0.4, -0.2) is 82.2 Å². The van der Waals surface area contributed by atoms with Crippen LogP contribution in [0.3, 0.4) is 0 Å². The third kappa shape index (κ3) is 35.2. The number of hydrogen-bond donors (Lipinski definition) is 0. The molecule has 322 valence electrons. The van der Waals surface area contributed by atoms with E-state index in [-0.39, 0.29) is 11.9 Å². The van der Waals surface area contributed by atoms with Crippen LogP contribution in [-0.2, 0) is 32.0 Å². The third-order valence-electron chi connectivity index (χ3n) is 9.94. The molecule has 1 aromatic heterocycles. The van der Waals surface area contributed by atoms with Gasteiger partial charge in [0.15, 0.2) is 0 Å². The van der Waals surface area contributed by atoms with E-state index in [2.05, 4.69) is 35.2 Å². The van der Waals surface area contributed by atoms with E-state index in [1.165, 1.54) is 153 Å². The first kappa shape index (κ1) is 52.5. The standard InChI is InChI=1S/C44H83N3O4S4/c1-4-7-9-11-13-15-17-19-21-23-25-38-52-54-40-36-50-43(48)28-33-46(31-27-32-47-35-30-45-42(47)6-3)34-29-44(49)51-37-41-55-53-39-26-24-22-20-18-16-14-12-10-8-5-2/h30,35H,4-29,31-34,36-41H2,1-3H3. The number of ether oxygens (including phenoxy) is 2. The van der Waals surface area contributed by atoms with Crippen molar-refractivity contribution in [2.24, 2.45) is 0 Å². The molecule has 0 saturated carbocycles. The second-order valence-corrected chi connectivity index (χ2v) is 20.3. The quantitative estimate of drug-likeness (QED) is 0.0360. The Morgan fingerprint density at radius 2 is 0.945 bits per heavy atom. The van der Waals surface area contributed by atoms with E-state index in [1.807, 2.05) is 55.6 Å². The SMILES string of the molecule is CCCCCCCCCCCCCSSCCOC(=O)CCN(CCCn1ccnc1CC)CCC(=O)OCCSSCCCCCCCCCCCCC. The molecule has 0 spiro atoms. The fraction of sp³-hybridized carbons (Fsp3) is 0.886. The molecule has 0 aliphatic rings. The first-order valence-electron chi connectivity index (χ1n) is 22.6. The number of carbonyl (C=O) groups is 2. The Morgan fingerprint density at radius 1 is 0.545 bits per heavy atom. The molecule has 55 heavy (non-hydrogen) atoms. The fourth-order valence-electron chi connectivity index (χ4n) is 6.57. The van der Waals surface area contributed by atoms with Gasteiger partial charge in [0.2, 0.25) is 0 Å². The van der Waals surface area contributed by atoms with Crippen molar-refractivity contribution in [3.05, 3.63) is 18.2 Å². The summed E-state index contributed by atoms with van der Waals surface area (Å²) in [5.41, 5.74) is 0. The van der Waals surface area contributed by atoms with Gasteiger partial charge >= 0.3 is 11.9 Å². The van der Waals surface area contributed by atoms with Gasteiger partial charge in [0, 0.05) is 61.5 Å². The molecule has 0 N–H and O–H groups in total. The number of unbranched alkanes of at least 4 members (excludes halogenated alkanes) is 20. The zero-order chi connectivity index (χ0) is 39.7. The molecule has 0 atom stereocenters. The first-order valence-corrected chi connectivity index (χ1v) is 27.6. The topological polar surface area (TPSA) is 73.7 Å². The van der Waals surface area contributed by atoms with Crippen molar-refractivity contribution in [1.29, 1.82) is 0 Å². The number of imidazole rings is 1. The molecule has 0 amide bonds. The molecule has 0 fully saturated rings.